The van der Waals surface area contributed by atoms with Crippen molar-refractivity contribution >= 4 is 5.91 Å². The van der Waals surface area contributed by atoms with Crippen molar-refractivity contribution < 1.29 is 15.0 Å². The number of rotatable bonds is 3. The largest absolute Gasteiger partial charge is 0.508 e. The van der Waals surface area contributed by atoms with Crippen molar-refractivity contribution in [2.75, 3.05) is 13.6 Å². The fourth-order valence-corrected chi connectivity index (χ4v) is 2.74. The van der Waals surface area contributed by atoms with Crippen molar-refractivity contribution in [2.45, 2.75) is 32.1 Å². The lowest BCUT2D eigenvalue weighted by atomic mass is 9.89. The van der Waals surface area contributed by atoms with E-state index in [1.807, 2.05) is 0 Å². The summed E-state index contributed by atoms with van der Waals surface area (Å²) < 4.78 is 0. The molecule has 2 N–H and O–H groups in total. The number of phenols is 2. The Morgan fingerprint density at radius 1 is 1.26 bits per heavy atom. The summed E-state index contributed by atoms with van der Waals surface area (Å²) in [7, 11) is 1.75. The molecule has 0 aromatic heterocycles. The number of aromatic hydroxyl groups is 2. The second-order valence-corrected chi connectivity index (χ2v) is 5.39. The SMILES string of the molecule is CN(CC1CCCCC1)C(=O)c1cc(O)ccc1O. The number of benzene rings is 1. The number of hydrogen-bond acceptors (Lipinski definition) is 3. The zero-order chi connectivity index (χ0) is 13.8. The van der Waals surface area contributed by atoms with Crippen LogP contribution in [0.15, 0.2) is 18.2 Å². The summed E-state index contributed by atoms with van der Waals surface area (Å²) in [6.45, 7) is 0.716. The van der Waals surface area contributed by atoms with E-state index in [0.29, 0.717) is 12.5 Å². The first-order valence-corrected chi connectivity index (χ1v) is 6.85. The third kappa shape index (κ3) is 3.40. The third-order valence-electron chi connectivity index (χ3n) is 3.81. The van der Waals surface area contributed by atoms with Gasteiger partial charge in [0, 0.05) is 13.6 Å². The summed E-state index contributed by atoms with van der Waals surface area (Å²) in [5.41, 5.74) is 0.165. The molecule has 4 heteroatoms. The molecule has 1 fully saturated rings. The van der Waals surface area contributed by atoms with Gasteiger partial charge in [-0.15, -0.1) is 0 Å². The van der Waals surface area contributed by atoms with E-state index in [0.717, 1.165) is 0 Å². The quantitative estimate of drug-likeness (QED) is 0.824. The van der Waals surface area contributed by atoms with E-state index in [9.17, 15) is 15.0 Å². The van der Waals surface area contributed by atoms with Crippen LogP contribution in [-0.2, 0) is 0 Å². The van der Waals surface area contributed by atoms with Crippen LogP contribution < -0.4 is 0 Å². The molecule has 19 heavy (non-hydrogen) atoms. The number of carbonyl (C=O) groups excluding carboxylic acids is 1. The maximum Gasteiger partial charge on any atom is 0.257 e. The number of carbonyl (C=O) groups is 1. The Labute approximate surface area is 113 Å². The second kappa shape index (κ2) is 5.95. The van der Waals surface area contributed by atoms with Crippen LogP contribution in [0.3, 0.4) is 0 Å². The van der Waals surface area contributed by atoms with Gasteiger partial charge >= 0.3 is 0 Å². The Balaban J connectivity index is 2.03. The van der Waals surface area contributed by atoms with Crippen LogP contribution >= 0.6 is 0 Å². The highest BCUT2D eigenvalue weighted by Crippen LogP contribution is 2.26. The van der Waals surface area contributed by atoms with Crippen molar-refractivity contribution in [3.8, 4) is 11.5 Å². The van der Waals surface area contributed by atoms with Crippen LogP contribution in [0.5, 0.6) is 11.5 Å². The van der Waals surface area contributed by atoms with Crippen molar-refractivity contribution in [2.24, 2.45) is 5.92 Å². The van der Waals surface area contributed by atoms with Crippen LogP contribution in [0.25, 0.3) is 0 Å². The molecule has 0 aliphatic heterocycles. The van der Waals surface area contributed by atoms with Gasteiger partial charge in [-0.1, -0.05) is 19.3 Å². The molecule has 1 aromatic rings. The van der Waals surface area contributed by atoms with Crippen molar-refractivity contribution in [3.63, 3.8) is 0 Å². The minimum atomic E-state index is -0.237. The average Bonchev–Trinajstić information content (AvgIpc) is 2.42. The van der Waals surface area contributed by atoms with Gasteiger partial charge in [0.1, 0.15) is 11.5 Å². The number of nitrogens with zero attached hydrogens (tertiary/aromatic N) is 1. The maximum absolute atomic E-state index is 12.2. The summed E-state index contributed by atoms with van der Waals surface area (Å²) in [5.74, 6) is 0.228. The van der Waals surface area contributed by atoms with Crippen LogP contribution in [0, 0.1) is 5.92 Å². The molecule has 1 aliphatic carbocycles. The van der Waals surface area contributed by atoms with Gasteiger partial charge < -0.3 is 15.1 Å². The van der Waals surface area contributed by atoms with Gasteiger partial charge in [0.15, 0.2) is 0 Å². The van der Waals surface area contributed by atoms with Crippen molar-refractivity contribution in [1.82, 2.24) is 4.90 Å². The van der Waals surface area contributed by atoms with Crippen molar-refractivity contribution in [3.05, 3.63) is 23.8 Å². The summed E-state index contributed by atoms with van der Waals surface area (Å²) in [5, 5.41) is 19.1. The van der Waals surface area contributed by atoms with Crippen molar-refractivity contribution in [1.29, 1.82) is 0 Å². The lowest BCUT2D eigenvalue weighted by Crippen LogP contribution is -2.32. The van der Waals surface area contributed by atoms with E-state index in [-0.39, 0.29) is 23.0 Å². The summed E-state index contributed by atoms with van der Waals surface area (Å²) >= 11 is 0. The van der Waals surface area contributed by atoms with Gasteiger partial charge in [-0.25, -0.2) is 0 Å². The van der Waals surface area contributed by atoms with Gasteiger partial charge in [-0.3, -0.25) is 4.79 Å². The van der Waals surface area contributed by atoms with Gasteiger partial charge in [-0.05, 0) is 37.0 Å². The van der Waals surface area contributed by atoms with E-state index in [1.165, 1.54) is 50.3 Å². The smallest absolute Gasteiger partial charge is 0.257 e. The predicted octanol–water partition coefficient (Wildman–Crippen LogP) is 2.75. The molecule has 0 unspecified atom stereocenters. The molecule has 104 valence electrons. The van der Waals surface area contributed by atoms with Crippen LogP contribution in [0.4, 0.5) is 0 Å². The molecule has 0 radical (unpaired) electrons. The van der Waals surface area contributed by atoms with Gasteiger partial charge in [0.25, 0.3) is 5.91 Å². The maximum atomic E-state index is 12.2. The van der Waals surface area contributed by atoms with Gasteiger partial charge in [-0.2, -0.15) is 0 Å². The molecule has 0 atom stereocenters. The topological polar surface area (TPSA) is 60.8 Å². The Hall–Kier alpha value is -1.71. The highest BCUT2D eigenvalue weighted by molar-refractivity contribution is 5.97. The first-order valence-electron chi connectivity index (χ1n) is 6.85. The lowest BCUT2D eigenvalue weighted by molar-refractivity contribution is 0.0757. The predicted molar refractivity (Wildman–Crippen MR) is 73.3 cm³/mol. The third-order valence-corrected chi connectivity index (χ3v) is 3.81. The van der Waals surface area contributed by atoms with Gasteiger partial charge in [0.2, 0.25) is 0 Å². The lowest BCUT2D eigenvalue weighted by Gasteiger charge is -2.27. The van der Waals surface area contributed by atoms with E-state index in [4.69, 9.17) is 0 Å². The minimum Gasteiger partial charge on any atom is -0.508 e. The zero-order valence-electron chi connectivity index (χ0n) is 11.3. The Morgan fingerprint density at radius 2 is 1.95 bits per heavy atom. The van der Waals surface area contributed by atoms with E-state index in [2.05, 4.69) is 0 Å². The zero-order valence-corrected chi connectivity index (χ0v) is 11.3. The molecular weight excluding hydrogens is 242 g/mol. The van der Waals surface area contributed by atoms with Crippen LogP contribution in [-0.4, -0.2) is 34.6 Å². The van der Waals surface area contributed by atoms with Gasteiger partial charge in [0.05, 0.1) is 5.56 Å². The Morgan fingerprint density at radius 3 is 2.63 bits per heavy atom. The average molecular weight is 263 g/mol. The standard InChI is InChI=1S/C15H21NO3/c1-16(10-11-5-3-2-4-6-11)15(19)13-9-12(17)7-8-14(13)18/h7-9,11,17-18H,2-6,10H2,1H3. The molecule has 1 amide bonds. The fraction of sp³-hybridized carbons (Fsp3) is 0.533. The molecular formula is C15H21NO3. The number of hydrogen-bond donors (Lipinski definition) is 2. The highest BCUT2D eigenvalue weighted by Gasteiger charge is 2.21. The summed E-state index contributed by atoms with van der Waals surface area (Å²) in [4.78, 5) is 13.9. The molecule has 0 spiro atoms. The molecule has 1 saturated carbocycles. The Kier molecular flexibility index (Phi) is 4.30. The molecule has 0 bridgehead atoms. The molecule has 4 nitrogen and oxygen atoms in total. The summed E-state index contributed by atoms with van der Waals surface area (Å²) in [6.07, 6.45) is 6.11. The summed E-state index contributed by atoms with van der Waals surface area (Å²) in [6, 6.07) is 4.03. The number of amides is 1. The molecule has 2 rings (SSSR count). The van der Waals surface area contributed by atoms with E-state index < -0.39 is 0 Å². The molecule has 0 heterocycles. The minimum absolute atomic E-state index is 0.00721. The monoisotopic (exact) mass is 263 g/mol. The normalized spacial score (nSPS) is 16.3. The number of phenolic OH excluding ortho intramolecular Hbond substituents is 2. The molecule has 0 saturated heterocycles. The molecule has 1 aliphatic rings. The second-order valence-electron chi connectivity index (χ2n) is 5.39. The van der Waals surface area contributed by atoms with E-state index >= 15 is 0 Å². The first kappa shape index (κ1) is 13.7. The van der Waals surface area contributed by atoms with Crippen LogP contribution in [0.2, 0.25) is 0 Å². The van der Waals surface area contributed by atoms with E-state index in [1.54, 1.807) is 11.9 Å². The fourth-order valence-electron chi connectivity index (χ4n) is 2.74. The first-order chi connectivity index (χ1) is 9.08. The molecule has 1 aromatic carbocycles. The van der Waals surface area contributed by atoms with Crippen LogP contribution in [0.1, 0.15) is 42.5 Å². The highest BCUT2D eigenvalue weighted by atomic mass is 16.3. The Bertz CT molecular complexity index is 453.